The highest BCUT2D eigenvalue weighted by Crippen LogP contribution is 2.34. The van der Waals surface area contributed by atoms with E-state index in [0.29, 0.717) is 29.7 Å². The van der Waals surface area contributed by atoms with Gasteiger partial charge in [-0.25, -0.2) is 18.6 Å². The summed E-state index contributed by atoms with van der Waals surface area (Å²) in [6.07, 6.45) is -3.51. The molecule has 0 atom stereocenters. The summed E-state index contributed by atoms with van der Waals surface area (Å²) in [6.45, 7) is 2.51. The largest absolute Gasteiger partial charge is 0.417 e. The van der Waals surface area contributed by atoms with Gasteiger partial charge < -0.3 is 15.5 Å². The average Bonchev–Trinajstić information content (AvgIpc) is 2.79. The molecule has 1 aliphatic heterocycles. The van der Waals surface area contributed by atoms with Gasteiger partial charge in [0, 0.05) is 29.7 Å². The number of urea groups is 1. The third-order valence-electron chi connectivity index (χ3n) is 5.33. The maximum absolute atomic E-state index is 14.8. The van der Waals surface area contributed by atoms with Crippen LogP contribution >= 0.6 is 0 Å². The van der Waals surface area contributed by atoms with Crippen LogP contribution in [0.5, 0.6) is 0 Å². The first-order chi connectivity index (χ1) is 16.6. The van der Waals surface area contributed by atoms with Crippen LogP contribution in [0.4, 0.5) is 49.6 Å². The Bertz CT molecular complexity index is 1310. The molecule has 0 saturated heterocycles. The lowest BCUT2D eigenvalue weighted by Crippen LogP contribution is -2.39. The van der Waals surface area contributed by atoms with Crippen molar-refractivity contribution in [2.24, 2.45) is 0 Å². The number of anilines is 4. The van der Waals surface area contributed by atoms with Gasteiger partial charge in [-0.3, -0.25) is 10.1 Å². The molecule has 0 bridgehead atoms. The zero-order chi connectivity index (χ0) is 25.3. The van der Waals surface area contributed by atoms with Crippen LogP contribution in [-0.2, 0) is 12.7 Å². The van der Waals surface area contributed by atoms with E-state index in [1.54, 1.807) is 6.07 Å². The highest BCUT2D eigenvalue weighted by Gasteiger charge is 2.35. The number of fused-ring (bicyclic) bond motifs is 1. The van der Waals surface area contributed by atoms with Crippen LogP contribution in [0.1, 0.15) is 28.4 Å². The van der Waals surface area contributed by atoms with Crippen molar-refractivity contribution in [1.29, 1.82) is 0 Å². The Balaban J connectivity index is 1.55. The zero-order valence-electron chi connectivity index (χ0n) is 18.1. The monoisotopic (exact) mass is 491 g/mol. The van der Waals surface area contributed by atoms with Crippen molar-refractivity contribution >= 4 is 34.8 Å². The van der Waals surface area contributed by atoms with Gasteiger partial charge in [0.25, 0.3) is 5.91 Å². The zero-order valence-corrected chi connectivity index (χ0v) is 18.1. The molecule has 7 nitrogen and oxygen atoms in total. The third-order valence-corrected chi connectivity index (χ3v) is 5.33. The van der Waals surface area contributed by atoms with E-state index in [0.717, 1.165) is 12.1 Å². The van der Waals surface area contributed by atoms with Gasteiger partial charge in [0.2, 0.25) is 0 Å². The predicted octanol–water partition coefficient (Wildman–Crippen LogP) is 5.74. The first-order valence-electron chi connectivity index (χ1n) is 10.3. The number of alkyl halides is 3. The van der Waals surface area contributed by atoms with Crippen LogP contribution in [-0.4, -0.2) is 28.4 Å². The lowest BCUT2D eigenvalue weighted by Gasteiger charge is -2.29. The molecule has 2 aromatic carbocycles. The van der Waals surface area contributed by atoms with E-state index >= 15 is 0 Å². The maximum atomic E-state index is 14.8. The van der Waals surface area contributed by atoms with Crippen LogP contribution in [0.25, 0.3) is 0 Å². The van der Waals surface area contributed by atoms with Gasteiger partial charge in [-0.1, -0.05) is 0 Å². The molecular formula is C23H18F5N5O2. The van der Waals surface area contributed by atoms with E-state index in [-0.39, 0.29) is 30.0 Å². The van der Waals surface area contributed by atoms with Gasteiger partial charge in [0.05, 0.1) is 23.4 Å². The number of pyridine rings is 1. The number of carbonyl (C=O) groups excluding carboxylic acids is 2. The fourth-order valence-corrected chi connectivity index (χ4v) is 3.56. The molecule has 0 unspecified atom stereocenters. The van der Waals surface area contributed by atoms with E-state index in [1.807, 2.05) is 6.92 Å². The van der Waals surface area contributed by atoms with Gasteiger partial charge in [0.1, 0.15) is 17.5 Å². The Labute approximate surface area is 196 Å². The summed E-state index contributed by atoms with van der Waals surface area (Å²) < 4.78 is 67.7. The summed E-state index contributed by atoms with van der Waals surface area (Å²) >= 11 is 0. The quantitative estimate of drug-likeness (QED) is 0.397. The molecule has 35 heavy (non-hydrogen) atoms. The predicted molar refractivity (Wildman–Crippen MR) is 118 cm³/mol. The molecule has 0 aliphatic carbocycles. The second-order valence-corrected chi connectivity index (χ2v) is 7.59. The molecule has 0 spiro atoms. The van der Waals surface area contributed by atoms with Gasteiger partial charge in [-0.2, -0.15) is 13.2 Å². The average molecular weight is 491 g/mol. The van der Waals surface area contributed by atoms with E-state index in [9.17, 15) is 31.5 Å². The second kappa shape index (κ2) is 9.20. The van der Waals surface area contributed by atoms with E-state index in [1.165, 1.54) is 23.2 Å². The van der Waals surface area contributed by atoms with E-state index in [2.05, 4.69) is 20.9 Å². The molecule has 0 radical (unpaired) electrons. The van der Waals surface area contributed by atoms with Crippen LogP contribution in [0, 0.1) is 11.6 Å². The van der Waals surface area contributed by atoms with Crippen molar-refractivity contribution in [2.75, 3.05) is 22.5 Å². The van der Waals surface area contributed by atoms with Crippen LogP contribution in [0.3, 0.4) is 0 Å². The van der Waals surface area contributed by atoms with Crippen molar-refractivity contribution in [3.05, 3.63) is 77.0 Å². The number of rotatable bonds is 5. The van der Waals surface area contributed by atoms with Crippen LogP contribution in [0.2, 0.25) is 0 Å². The molecule has 0 fully saturated rings. The SMILES string of the molecule is CCN1Cc2c(Nc3ccc(NC(=O)c4ccc(F)cc4C(F)(F)F)cc3F)ccnc2NC1=O. The van der Waals surface area contributed by atoms with E-state index in [4.69, 9.17) is 0 Å². The third kappa shape index (κ3) is 5.00. The molecule has 3 aromatic rings. The lowest BCUT2D eigenvalue weighted by molar-refractivity contribution is -0.138. The topological polar surface area (TPSA) is 86.4 Å². The smallest absolute Gasteiger partial charge is 0.353 e. The molecule has 4 rings (SSSR count). The molecule has 0 saturated carbocycles. The number of halogens is 5. The lowest BCUT2D eigenvalue weighted by atomic mass is 10.1. The molecule has 182 valence electrons. The van der Waals surface area contributed by atoms with Gasteiger partial charge in [0.15, 0.2) is 0 Å². The summed E-state index contributed by atoms with van der Waals surface area (Å²) in [4.78, 5) is 30.1. The fraction of sp³-hybridized carbons (Fsp3) is 0.174. The number of aromatic nitrogens is 1. The van der Waals surface area contributed by atoms with Crippen molar-refractivity contribution in [2.45, 2.75) is 19.6 Å². The highest BCUT2D eigenvalue weighted by atomic mass is 19.4. The van der Waals surface area contributed by atoms with Crippen molar-refractivity contribution in [3.8, 4) is 0 Å². The minimum absolute atomic E-state index is 0.0223. The first-order valence-corrected chi connectivity index (χ1v) is 10.3. The van der Waals surface area contributed by atoms with Gasteiger partial charge in [-0.05, 0) is 49.4 Å². The number of nitrogens with zero attached hydrogens (tertiary/aromatic N) is 2. The number of nitrogens with one attached hydrogen (secondary N) is 3. The Morgan fingerprint density at radius 3 is 2.57 bits per heavy atom. The number of hydrogen-bond donors (Lipinski definition) is 3. The Morgan fingerprint density at radius 2 is 1.89 bits per heavy atom. The molecule has 3 amide bonds. The molecule has 2 heterocycles. The van der Waals surface area contributed by atoms with Crippen LogP contribution in [0.15, 0.2) is 48.7 Å². The van der Waals surface area contributed by atoms with Crippen LogP contribution < -0.4 is 16.0 Å². The Morgan fingerprint density at radius 1 is 1.11 bits per heavy atom. The Kier molecular flexibility index (Phi) is 6.29. The molecule has 12 heteroatoms. The normalized spacial score (nSPS) is 13.2. The first kappa shape index (κ1) is 23.9. The molecular weight excluding hydrogens is 473 g/mol. The molecule has 1 aromatic heterocycles. The summed E-state index contributed by atoms with van der Waals surface area (Å²) in [6, 6.07) is 6.50. The van der Waals surface area contributed by atoms with Gasteiger partial charge >= 0.3 is 12.2 Å². The minimum Gasteiger partial charge on any atom is -0.353 e. The van der Waals surface area contributed by atoms with E-state index < -0.39 is 34.8 Å². The minimum atomic E-state index is -4.95. The number of amides is 3. The van der Waals surface area contributed by atoms with Gasteiger partial charge in [-0.15, -0.1) is 0 Å². The summed E-state index contributed by atoms with van der Waals surface area (Å²) in [5.41, 5.74) is -1.19. The summed E-state index contributed by atoms with van der Waals surface area (Å²) in [5, 5.41) is 7.77. The summed E-state index contributed by atoms with van der Waals surface area (Å²) in [5.74, 6) is -2.77. The van der Waals surface area contributed by atoms with Crippen molar-refractivity contribution in [1.82, 2.24) is 9.88 Å². The summed E-state index contributed by atoms with van der Waals surface area (Å²) in [7, 11) is 0. The molecule has 1 aliphatic rings. The highest BCUT2D eigenvalue weighted by molar-refractivity contribution is 6.05. The molecule has 3 N–H and O–H groups in total. The Hall–Kier alpha value is -4.22. The maximum Gasteiger partial charge on any atom is 0.417 e. The van der Waals surface area contributed by atoms with Crippen molar-refractivity contribution in [3.63, 3.8) is 0 Å². The number of carbonyl (C=O) groups is 2. The number of benzene rings is 2. The fourth-order valence-electron chi connectivity index (χ4n) is 3.56. The number of hydrogen-bond acceptors (Lipinski definition) is 4. The standard InChI is InChI=1S/C23H18F5N5O2/c1-2-33-11-15-18(7-8-29-20(15)32-22(33)35)31-19-6-4-13(10-17(19)25)30-21(34)14-5-3-12(24)9-16(14)23(26,27)28/h3-10H,2,11H2,1H3,(H,30,34)(H2,29,31,32,35). The second-order valence-electron chi connectivity index (χ2n) is 7.59. The van der Waals surface area contributed by atoms with Crippen molar-refractivity contribution < 1.29 is 31.5 Å².